The van der Waals surface area contributed by atoms with Gasteiger partial charge in [0.2, 0.25) is 0 Å². The van der Waals surface area contributed by atoms with Gasteiger partial charge in [-0.1, -0.05) is 0 Å². The molecule has 11 heteroatoms. The van der Waals surface area contributed by atoms with E-state index in [4.69, 9.17) is 4.74 Å². The predicted octanol–water partition coefficient (Wildman–Crippen LogP) is 1.85. The number of carbonyl (C=O) groups excluding carboxylic acids is 1. The lowest BCUT2D eigenvalue weighted by Gasteiger charge is -2.36. The minimum absolute atomic E-state index is 0.00294. The van der Waals surface area contributed by atoms with E-state index < -0.39 is 6.17 Å². The number of methoxy groups -OCH3 is 1. The van der Waals surface area contributed by atoms with Crippen LogP contribution in [0.25, 0.3) is 0 Å². The second-order valence-electron chi connectivity index (χ2n) is 8.60. The zero-order chi connectivity index (χ0) is 24.4. The molecule has 2 saturated carbocycles. The van der Waals surface area contributed by atoms with E-state index in [1.807, 2.05) is 0 Å². The van der Waals surface area contributed by atoms with Crippen LogP contribution in [0.3, 0.4) is 0 Å². The maximum absolute atomic E-state index is 13.3. The summed E-state index contributed by atoms with van der Waals surface area (Å²) in [7, 11) is 3.22. The summed E-state index contributed by atoms with van der Waals surface area (Å²) < 4.78 is 20.2. The molecule has 4 rings (SSSR count). The van der Waals surface area contributed by atoms with E-state index in [1.54, 1.807) is 50.1 Å². The molecule has 3 N–H and O–H groups in total. The number of anilines is 1. The molecule has 1 aromatic heterocycles. The van der Waals surface area contributed by atoms with Gasteiger partial charge in [0, 0.05) is 39.2 Å². The standard InChI is InChI=1S/C23H30FN7O3/c1-13(22(32)28-16-7-8-18(16)34-4)21-29-19(12-20(25-2)31(21)26-3)27-17-6-5-9-30(23(17)33)15-10-14(24)11-15/h5-6,9,12,14-16,18,27,29H,3,7-8,10-11H2,1-2,4H3,(H,28,32)/b21-13+,25-20?/t14?,15?,16-,18-/m0/s1. The summed E-state index contributed by atoms with van der Waals surface area (Å²) >= 11 is 0. The van der Waals surface area contributed by atoms with Crippen LogP contribution in [0.15, 0.2) is 56.5 Å². The molecule has 34 heavy (non-hydrogen) atoms. The average molecular weight is 472 g/mol. The van der Waals surface area contributed by atoms with E-state index in [-0.39, 0.29) is 29.7 Å². The molecular weight excluding hydrogens is 441 g/mol. The number of alkyl halides is 1. The summed E-state index contributed by atoms with van der Waals surface area (Å²) in [4.78, 5) is 30.2. The third-order valence-electron chi connectivity index (χ3n) is 6.54. The molecular formula is C23H30FN7O3. The van der Waals surface area contributed by atoms with Gasteiger partial charge in [-0.3, -0.25) is 14.6 Å². The number of nitrogens with zero attached hydrogens (tertiary/aromatic N) is 4. The van der Waals surface area contributed by atoms with Crippen LogP contribution in [0.4, 0.5) is 10.1 Å². The van der Waals surface area contributed by atoms with E-state index in [9.17, 15) is 14.0 Å². The molecule has 0 aromatic carbocycles. The second-order valence-corrected chi connectivity index (χ2v) is 8.60. The lowest BCUT2D eigenvalue weighted by Crippen LogP contribution is -2.52. The Morgan fingerprint density at radius 2 is 2.12 bits per heavy atom. The number of aliphatic imine (C=N–C) groups is 1. The van der Waals surface area contributed by atoms with Crippen LogP contribution in [0.2, 0.25) is 0 Å². The first-order valence-electron chi connectivity index (χ1n) is 11.2. The molecule has 2 heterocycles. The maximum atomic E-state index is 13.3. The highest BCUT2D eigenvalue weighted by molar-refractivity contribution is 5.99. The third-order valence-corrected chi connectivity index (χ3v) is 6.54. The van der Waals surface area contributed by atoms with Crippen LogP contribution < -0.4 is 21.5 Å². The molecule has 2 fully saturated rings. The van der Waals surface area contributed by atoms with Crippen molar-refractivity contribution in [1.29, 1.82) is 0 Å². The first kappa shape index (κ1) is 23.7. The van der Waals surface area contributed by atoms with Crippen molar-refractivity contribution in [2.75, 3.05) is 19.5 Å². The molecule has 1 amide bonds. The molecule has 10 nitrogen and oxygen atoms in total. The number of ether oxygens (including phenoxy) is 1. The molecule has 182 valence electrons. The lowest BCUT2D eigenvalue weighted by atomic mass is 9.89. The van der Waals surface area contributed by atoms with Crippen LogP contribution in [0.5, 0.6) is 0 Å². The van der Waals surface area contributed by atoms with Gasteiger partial charge in [-0.05, 0) is 44.7 Å². The lowest BCUT2D eigenvalue weighted by molar-refractivity contribution is -0.120. The summed E-state index contributed by atoms with van der Waals surface area (Å²) in [6.45, 7) is 5.27. The molecule has 0 bridgehead atoms. The Morgan fingerprint density at radius 1 is 1.35 bits per heavy atom. The van der Waals surface area contributed by atoms with Crippen molar-refractivity contribution in [3.63, 3.8) is 0 Å². The molecule has 1 aliphatic heterocycles. The topological polar surface area (TPSA) is 112 Å². The smallest absolute Gasteiger partial charge is 0.274 e. The first-order valence-corrected chi connectivity index (χ1v) is 11.2. The number of pyridine rings is 1. The number of hydrogen-bond donors (Lipinski definition) is 3. The van der Waals surface area contributed by atoms with Gasteiger partial charge in [0.25, 0.3) is 11.5 Å². The fourth-order valence-electron chi connectivity index (χ4n) is 4.23. The van der Waals surface area contributed by atoms with Crippen molar-refractivity contribution >= 4 is 24.1 Å². The van der Waals surface area contributed by atoms with Crippen molar-refractivity contribution in [3.8, 4) is 0 Å². The van der Waals surface area contributed by atoms with Crippen molar-refractivity contribution in [1.82, 2.24) is 20.2 Å². The predicted molar refractivity (Wildman–Crippen MR) is 128 cm³/mol. The summed E-state index contributed by atoms with van der Waals surface area (Å²) in [5, 5.41) is 14.6. The van der Waals surface area contributed by atoms with Gasteiger partial charge in [-0.2, -0.15) is 10.1 Å². The van der Waals surface area contributed by atoms with Gasteiger partial charge in [-0.25, -0.2) is 4.39 Å². The molecule has 2 atom stereocenters. The van der Waals surface area contributed by atoms with Crippen LogP contribution in [0, 0.1) is 0 Å². The molecule has 2 aliphatic carbocycles. The van der Waals surface area contributed by atoms with Crippen LogP contribution in [-0.2, 0) is 9.53 Å². The van der Waals surface area contributed by atoms with Crippen molar-refractivity contribution in [2.24, 2.45) is 10.1 Å². The maximum Gasteiger partial charge on any atom is 0.274 e. The number of halogens is 1. The zero-order valence-corrected chi connectivity index (χ0v) is 19.5. The fraction of sp³-hybridized carbons (Fsp3) is 0.478. The SMILES string of the molecule is C=NN1C(=NC)C=C(Nc2cccn(C3CC(F)C3)c2=O)N/C1=C(/C)C(=O)N[C@H]1CC[C@@H]1OC. The highest BCUT2D eigenvalue weighted by atomic mass is 19.1. The van der Waals surface area contributed by atoms with E-state index >= 15 is 0 Å². The monoisotopic (exact) mass is 471 g/mol. The Kier molecular flexibility index (Phi) is 6.82. The van der Waals surface area contributed by atoms with E-state index in [2.05, 4.69) is 32.8 Å². The number of hydrogen-bond acceptors (Lipinski definition) is 7. The molecule has 0 spiro atoms. The molecule has 0 saturated heterocycles. The van der Waals surface area contributed by atoms with Gasteiger partial charge in [0.1, 0.15) is 23.5 Å². The van der Waals surface area contributed by atoms with Gasteiger partial charge < -0.3 is 25.3 Å². The van der Waals surface area contributed by atoms with Gasteiger partial charge >= 0.3 is 0 Å². The van der Waals surface area contributed by atoms with Crippen molar-refractivity contribution < 1.29 is 13.9 Å². The Labute approximate surface area is 197 Å². The van der Waals surface area contributed by atoms with Gasteiger partial charge in [0.05, 0.1) is 17.7 Å². The highest BCUT2D eigenvalue weighted by Crippen LogP contribution is 2.33. The number of nitrogens with one attached hydrogen (secondary N) is 3. The number of aromatic nitrogens is 1. The summed E-state index contributed by atoms with van der Waals surface area (Å²) in [6.07, 6.45) is 4.90. The van der Waals surface area contributed by atoms with E-state index in [1.165, 1.54) is 5.01 Å². The normalized spacial score (nSPS) is 28.8. The number of amidine groups is 1. The molecule has 0 unspecified atom stereocenters. The number of rotatable bonds is 7. The minimum atomic E-state index is -0.863. The largest absolute Gasteiger partial charge is 0.379 e. The first-order chi connectivity index (χ1) is 16.4. The van der Waals surface area contributed by atoms with E-state index in [0.29, 0.717) is 41.6 Å². The third kappa shape index (κ3) is 4.47. The number of carbonyl (C=O) groups is 1. The molecule has 3 aliphatic rings. The Morgan fingerprint density at radius 3 is 2.71 bits per heavy atom. The zero-order valence-electron chi connectivity index (χ0n) is 19.5. The summed E-state index contributed by atoms with van der Waals surface area (Å²) in [6, 6.07) is 3.20. The highest BCUT2D eigenvalue weighted by Gasteiger charge is 2.34. The quantitative estimate of drug-likeness (QED) is 0.413. The minimum Gasteiger partial charge on any atom is -0.379 e. The van der Waals surface area contributed by atoms with Crippen LogP contribution >= 0.6 is 0 Å². The van der Waals surface area contributed by atoms with Crippen molar-refractivity contribution in [2.45, 2.75) is 57.0 Å². The Balaban J connectivity index is 1.58. The van der Waals surface area contributed by atoms with Gasteiger partial charge in [-0.15, -0.1) is 0 Å². The fourth-order valence-corrected chi connectivity index (χ4v) is 4.23. The Bertz CT molecular complexity index is 1120. The average Bonchev–Trinajstić information content (AvgIpc) is 2.80. The van der Waals surface area contributed by atoms with Gasteiger partial charge in [0.15, 0.2) is 5.84 Å². The van der Waals surface area contributed by atoms with E-state index in [0.717, 1.165) is 12.8 Å². The summed E-state index contributed by atoms with van der Waals surface area (Å²) in [5.74, 6) is 0.953. The molecule has 0 radical (unpaired) electrons. The number of amides is 1. The second kappa shape index (κ2) is 9.80. The number of hydrazone groups is 1. The van der Waals surface area contributed by atoms with Crippen LogP contribution in [0.1, 0.15) is 38.6 Å². The Hall–Kier alpha value is -3.47. The van der Waals surface area contributed by atoms with Crippen molar-refractivity contribution in [3.05, 3.63) is 52.0 Å². The molecule has 1 aromatic rings. The summed E-state index contributed by atoms with van der Waals surface area (Å²) in [5.41, 5.74) is 0.437. The van der Waals surface area contributed by atoms with Crippen LogP contribution in [-0.4, -0.2) is 60.5 Å².